The fraction of sp³-hybridized carbons (Fsp3) is 0.118. The van der Waals surface area contributed by atoms with E-state index in [4.69, 9.17) is 16.6 Å². The van der Waals surface area contributed by atoms with Crippen LogP contribution in [0, 0.1) is 6.92 Å². The van der Waals surface area contributed by atoms with Crippen molar-refractivity contribution in [2.24, 2.45) is 0 Å². The number of carboxylic acid groups (broad SMARTS) is 1. The second-order valence-corrected chi connectivity index (χ2v) is 6.81. The number of amides is 1. The van der Waals surface area contributed by atoms with Crippen molar-refractivity contribution >= 4 is 46.3 Å². The summed E-state index contributed by atoms with van der Waals surface area (Å²) >= 11 is 6.26. The molecular weight excluding hydrogens is 346 g/mol. The van der Waals surface area contributed by atoms with Crippen LogP contribution in [0.2, 0.25) is 0 Å². The van der Waals surface area contributed by atoms with Gasteiger partial charge in [0.25, 0.3) is 5.91 Å². The maximum Gasteiger partial charge on any atom is 0.267 e. The number of hydrogen-bond donors (Lipinski definition) is 0. The Morgan fingerprint density at radius 1 is 1.29 bits per heavy atom. The molecule has 24 heavy (non-hydrogen) atoms. The molecule has 3 rings (SSSR count). The Hall–Kier alpha value is -2.38. The maximum absolute atomic E-state index is 12.7. The number of carboxylic acids is 1. The van der Waals surface area contributed by atoms with Crippen LogP contribution < -0.4 is 5.11 Å². The van der Waals surface area contributed by atoms with E-state index < -0.39 is 17.9 Å². The number of carbonyl (C=O) groups excluding carboxylic acids is 2. The Labute approximate surface area is 148 Å². The van der Waals surface area contributed by atoms with Crippen LogP contribution in [0.3, 0.4) is 0 Å². The summed E-state index contributed by atoms with van der Waals surface area (Å²) in [6, 6.07) is 10.7. The Kier molecular flexibility index (Phi) is 4.55. The molecular formula is C17H12NO4S2-. The van der Waals surface area contributed by atoms with Crippen LogP contribution in [0.25, 0.3) is 6.08 Å². The molecule has 0 radical (unpaired) electrons. The van der Waals surface area contributed by atoms with Gasteiger partial charge in [-0.05, 0) is 24.6 Å². The Balaban J connectivity index is 1.96. The third-order valence-electron chi connectivity index (χ3n) is 3.45. The summed E-state index contributed by atoms with van der Waals surface area (Å²) in [5.74, 6) is -0.629. The van der Waals surface area contributed by atoms with Gasteiger partial charge in [0.15, 0.2) is 0 Å². The molecule has 0 unspecified atom stereocenters. The second-order valence-electron chi connectivity index (χ2n) is 5.13. The van der Waals surface area contributed by atoms with Crippen molar-refractivity contribution in [2.75, 3.05) is 0 Å². The van der Waals surface area contributed by atoms with Gasteiger partial charge in [0.2, 0.25) is 0 Å². The molecule has 1 amide bonds. The average molecular weight is 358 g/mol. The SMILES string of the molecule is Cc1ccc(/C=C2/SC(=S)N([C@H](C(=O)[O-])c3ccccc3)C2=O)o1. The molecule has 0 spiro atoms. The van der Waals surface area contributed by atoms with Gasteiger partial charge in [-0.3, -0.25) is 9.69 Å². The zero-order valence-corrected chi connectivity index (χ0v) is 14.2. The number of thioether (sulfide) groups is 1. The molecule has 0 aliphatic carbocycles. The van der Waals surface area contributed by atoms with E-state index >= 15 is 0 Å². The molecule has 2 aromatic rings. The van der Waals surface area contributed by atoms with Gasteiger partial charge in [-0.1, -0.05) is 54.3 Å². The number of rotatable bonds is 4. The molecule has 1 aliphatic heterocycles. The van der Waals surface area contributed by atoms with Gasteiger partial charge in [-0.2, -0.15) is 0 Å². The fourth-order valence-electron chi connectivity index (χ4n) is 2.39. The minimum atomic E-state index is -1.38. The monoisotopic (exact) mass is 358 g/mol. The fourth-order valence-corrected chi connectivity index (χ4v) is 3.68. The summed E-state index contributed by atoms with van der Waals surface area (Å²) in [6.45, 7) is 1.80. The first-order valence-electron chi connectivity index (χ1n) is 7.06. The number of carbonyl (C=O) groups is 2. The van der Waals surface area contributed by atoms with E-state index in [1.807, 2.05) is 0 Å². The van der Waals surface area contributed by atoms with Crippen LogP contribution in [0.1, 0.15) is 23.1 Å². The normalized spacial score (nSPS) is 17.5. The molecule has 1 saturated heterocycles. The van der Waals surface area contributed by atoms with Gasteiger partial charge in [0, 0.05) is 6.08 Å². The van der Waals surface area contributed by atoms with Gasteiger partial charge in [0.1, 0.15) is 21.9 Å². The lowest BCUT2D eigenvalue weighted by molar-refractivity contribution is -0.310. The van der Waals surface area contributed by atoms with Crippen LogP contribution in [-0.2, 0) is 9.59 Å². The number of thiocarbonyl (C=S) groups is 1. The first-order valence-corrected chi connectivity index (χ1v) is 8.29. The highest BCUT2D eigenvalue weighted by Gasteiger charge is 2.38. The molecule has 1 fully saturated rings. The highest BCUT2D eigenvalue weighted by Crippen LogP contribution is 2.38. The standard InChI is InChI=1S/C17H13NO4S2/c1-10-7-8-12(22-10)9-13-15(19)18(17(23)24-13)14(16(20)21)11-5-3-2-4-6-11/h2-9,14H,1H3,(H,20,21)/p-1/b13-9+/t14-/m0/s1. The second kappa shape index (κ2) is 6.62. The van der Waals surface area contributed by atoms with E-state index in [0.29, 0.717) is 22.0 Å². The van der Waals surface area contributed by atoms with Crippen molar-refractivity contribution in [3.8, 4) is 0 Å². The zero-order chi connectivity index (χ0) is 17.3. The molecule has 0 N–H and O–H groups in total. The molecule has 1 atom stereocenters. The highest BCUT2D eigenvalue weighted by molar-refractivity contribution is 8.26. The minimum Gasteiger partial charge on any atom is -0.547 e. The number of aliphatic carboxylic acids is 1. The van der Waals surface area contributed by atoms with E-state index in [9.17, 15) is 14.7 Å². The van der Waals surface area contributed by atoms with E-state index in [0.717, 1.165) is 16.7 Å². The minimum absolute atomic E-state index is 0.174. The van der Waals surface area contributed by atoms with Crippen LogP contribution in [-0.4, -0.2) is 21.1 Å². The molecule has 0 saturated carbocycles. The van der Waals surface area contributed by atoms with E-state index in [2.05, 4.69) is 0 Å². The van der Waals surface area contributed by atoms with Gasteiger partial charge >= 0.3 is 0 Å². The first kappa shape index (κ1) is 16.5. The van der Waals surface area contributed by atoms with Crippen molar-refractivity contribution in [2.45, 2.75) is 13.0 Å². The van der Waals surface area contributed by atoms with Crippen molar-refractivity contribution in [3.63, 3.8) is 0 Å². The zero-order valence-electron chi connectivity index (χ0n) is 12.6. The number of benzene rings is 1. The van der Waals surface area contributed by atoms with E-state index in [1.165, 1.54) is 0 Å². The number of nitrogens with zero attached hydrogens (tertiary/aromatic N) is 1. The first-order chi connectivity index (χ1) is 11.5. The van der Waals surface area contributed by atoms with Crippen LogP contribution >= 0.6 is 24.0 Å². The van der Waals surface area contributed by atoms with Gasteiger partial charge in [-0.25, -0.2) is 0 Å². The molecule has 1 aromatic heterocycles. The van der Waals surface area contributed by atoms with E-state index in [1.54, 1.807) is 55.5 Å². The predicted molar refractivity (Wildman–Crippen MR) is 92.6 cm³/mol. The topological polar surface area (TPSA) is 73.6 Å². The van der Waals surface area contributed by atoms with Crippen molar-refractivity contribution in [1.29, 1.82) is 0 Å². The van der Waals surface area contributed by atoms with Crippen molar-refractivity contribution in [3.05, 3.63) is 64.5 Å². The van der Waals surface area contributed by atoms with Crippen molar-refractivity contribution in [1.82, 2.24) is 4.90 Å². The summed E-state index contributed by atoms with van der Waals surface area (Å²) < 4.78 is 5.60. The van der Waals surface area contributed by atoms with Crippen LogP contribution in [0.4, 0.5) is 0 Å². The van der Waals surface area contributed by atoms with Gasteiger partial charge < -0.3 is 14.3 Å². The third kappa shape index (κ3) is 3.13. The Morgan fingerprint density at radius 3 is 2.58 bits per heavy atom. The number of furan rings is 1. The van der Waals surface area contributed by atoms with Crippen LogP contribution in [0.5, 0.6) is 0 Å². The van der Waals surface area contributed by atoms with E-state index in [-0.39, 0.29) is 4.32 Å². The summed E-state index contributed by atoms with van der Waals surface area (Å²) in [5, 5.41) is 11.6. The summed E-state index contributed by atoms with van der Waals surface area (Å²) in [7, 11) is 0. The van der Waals surface area contributed by atoms with Crippen LogP contribution in [0.15, 0.2) is 51.8 Å². The molecule has 5 nitrogen and oxygen atoms in total. The van der Waals surface area contributed by atoms with Gasteiger partial charge in [-0.15, -0.1) is 0 Å². The Bertz CT molecular complexity index is 841. The number of aryl methyl sites for hydroxylation is 1. The molecule has 1 aromatic carbocycles. The summed E-state index contributed by atoms with van der Waals surface area (Å²) in [4.78, 5) is 25.7. The molecule has 0 bridgehead atoms. The summed E-state index contributed by atoms with van der Waals surface area (Å²) in [6.07, 6.45) is 1.56. The lowest BCUT2D eigenvalue weighted by Gasteiger charge is -2.27. The predicted octanol–water partition coefficient (Wildman–Crippen LogP) is 2.28. The number of hydrogen-bond acceptors (Lipinski definition) is 6. The van der Waals surface area contributed by atoms with Gasteiger partial charge in [0.05, 0.1) is 10.9 Å². The lowest BCUT2D eigenvalue weighted by Crippen LogP contribution is -2.43. The Morgan fingerprint density at radius 2 is 2.00 bits per heavy atom. The largest absolute Gasteiger partial charge is 0.547 e. The maximum atomic E-state index is 12.7. The highest BCUT2D eigenvalue weighted by atomic mass is 32.2. The summed E-state index contributed by atoms with van der Waals surface area (Å²) in [5.41, 5.74) is 0.434. The average Bonchev–Trinajstić information content (AvgIpc) is 3.07. The van der Waals surface area contributed by atoms with Crippen molar-refractivity contribution < 1.29 is 19.1 Å². The third-order valence-corrected chi connectivity index (χ3v) is 4.79. The molecule has 2 heterocycles. The lowest BCUT2D eigenvalue weighted by atomic mass is 10.1. The molecule has 7 heteroatoms. The molecule has 1 aliphatic rings. The molecule has 122 valence electrons. The smallest absolute Gasteiger partial charge is 0.267 e. The quantitative estimate of drug-likeness (QED) is 0.617.